The first kappa shape index (κ1) is 16.7. The van der Waals surface area contributed by atoms with Crippen LogP contribution in [0, 0.1) is 11.8 Å². The maximum absolute atomic E-state index is 11.7. The van der Waals surface area contributed by atoms with Crippen LogP contribution in [0.2, 0.25) is 0 Å². The van der Waals surface area contributed by atoms with Crippen LogP contribution >= 0.6 is 12.4 Å². The van der Waals surface area contributed by atoms with Gasteiger partial charge < -0.3 is 11.1 Å². The molecule has 1 aliphatic rings. The highest BCUT2D eigenvalue weighted by Gasteiger charge is 2.27. The van der Waals surface area contributed by atoms with Crippen LogP contribution in [0.4, 0.5) is 0 Å². The first-order valence-electron chi connectivity index (χ1n) is 6.55. The van der Waals surface area contributed by atoms with E-state index in [1.165, 1.54) is 12.8 Å². The third-order valence-electron chi connectivity index (χ3n) is 3.88. The minimum atomic E-state index is 0. The molecule has 1 aliphatic carbocycles. The van der Waals surface area contributed by atoms with Crippen LogP contribution in [0.1, 0.15) is 52.9 Å². The Morgan fingerprint density at radius 3 is 2.65 bits per heavy atom. The van der Waals surface area contributed by atoms with Gasteiger partial charge >= 0.3 is 0 Å². The molecule has 0 radical (unpaired) electrons. The minimum Gasteiger partial charge on any atom is -0.353 e. The molecular formula is C13H27ClN2O. The molecule has 0 heterocycles. The summed E-state index contributed by atoms with van der Waals surface area (Å²) in [5.74, 6) is 1.50. The number of nitrogens with two attached hydrogens (primary N) is 1. The van der Waals surface area contributed by atoms with Crippen LogP contribution in [0.15, 0.2) is 0 Å². The van der Waals surface area contributed by atoms with Gasteiger partial charge in [0.2, 0.25) is 5.91 Å². The van der Waals surface area contributed by atoms with Gasteiger partial charge in [-0.3, -0.25) is 4.79 Å². The summed E-state index contributed by atoms with van der Waals surface area (Å²) >= 11 is 0. The summed E-state index contributed by atoms with van der Waals surface area (Å²) in [6.45, 7) is 6.48. The summed E-state index contributed by atoms with van der Waals surface area (Å²) in [6.07, 6.45) is 5.02. The number of amides is 1. The third-order valence-corrected chi connectivity index (χ3v) is 3.88. The molecule has 0 bridgehead atoms. The molecular weight excluding hydrogens is 236 g/mol. The standard InChI is InChI=1S/C13H26N2O.ClH/c1-9-5-4-6-12(11(9)3)15-13(16)8-7-10(2)14;/h9-12H,4-8,14H2,1-3H3,(H,15,16);1H. The Morgan fingerprint density at radius 1 is 1.41 bits per heavy atom. The number of halogens is 1. The van der Waals surface area contributed by atoms with E-state index in [-0.39, 0.29) is 24.4 Å². The molecule has 1 fully saturated rings. The van der Waals surface area contributed by atoms with E-state index >= 15 is 0 Å². The second-order valence-electron chi connectivity index (χ2n) is 5.46. The number of rotatable bonds is 4. The summed E-state index contributed by atoms with van der Waals surface area (Å²) in [5, 5.41) is 3.16. The van der Waals surface area contributed by atoms with Gasteiger partial charge in [0.05, 0.1) is 0 Å². The average molecular weight is 263 g/mol. The fourth-order valence-corrected chi connectivity index (χ4v) is 2.42. The zero-order valence-electron chi connectivity index (χ0n) is 11.2. The van der Waals surface area contributed by atoms with Crippen LogP contribution < -0.4 is 11.1 Å². The average Bonchev–Trinajstić information content (AvgIpc) is 2.22. The van der Waals surface area contributed by atoms with Crippen LogP contribution in [-0.4, -0.2) is 18.0 Å². The Bertz CT molecular complexity index is 233. The SMILES string of the molecule is CC(N)CCC(=O)NC1CCCC(C)C1C.Cl. The Hall–Kier alpha value is -0.280. The smallest absolute Gasteiger partial charge is 0.220 e. The summed E-state index contributed by atoms with van der Waals surface area (Å²) in [7, 11) is 0. The molecule has 1 saturated carbocycles. The molecule has 1 amide bonds. The van der Waals surface area contributed by atoms with E-state index in [0.717, 1.165) is 18.8 Å². The molecule has 4 heteroatoms. The van der Waals surface area contributed by atoms with Crippen molar-refractivity contribution >= 4 is 18.3 Å². The van der Waals surface area contributed by atoms with E-state index in [2.05, 4.69) is 19.2 Å². The van der Waals surface area contributed by atoms with Gasteiger partial charge in [-0.2, -0.15) is 0 Å². The van der Waals surface area contributed by atoms with Crippen molar-refractivity contribution in [2.75, 3.05) is 0 Å². The first-order valence-corrected chi connectivity index (χ1v) is 6.55. The van der Waals surface area contributed by atoms with Crippen molar-refractivity contribution in [2.45, 2.75) is 65.0 Å². The van der Waals surface area contributed by atoms with E-state index in [0.29, 0.717) is 18.4 Å². The number of hydrogen-bond donors (Lipinski definition) is 2. The zero-order valence-corrected chi connectivity index (χ0v) is 12.1. The highest BCUT2D eigenvalue weighted by atomic mass is 35.5. The molecule has 102 valence electrons. The molecule has 1 rings (SSSR count). The van der Waals surface area contributed by atoms with Gasteiger partial charge in [-0.15, -0.1) is 12.4 Å². The molecule has 0 aliphatic heterocycles. The lowest BCUT2D eigenvalue weighted by molar-refractivity contribution is -0.122. The highest BCUT2D eigenvalue weighted by molar-refractivity contribution is 5.85. The largest absolute Gasteiger partial charge is 0.353 e. The quantitative estimate of drug-likeness (QED) is 0.818. The molecule has 0 aromatic rings. The van der Waals surface area contributed by atoms with Crippen LogP contribution in [0.5, 0.6) is 0 Å². The predicted molar refractivity (Wildman–Crippen MR) is 74.2 cm³/mol. The number of carbonyl (C=O) groups excluding carboxylic acids is 1. The maximum Gasteiger partial charge on any atom is 0.220 e. The normalized spacial score (nSPS) is 30.2. The van der Waals surface area contributed by atoms with Crippen molar-refractivity contribution in [3.05, 3.63) is 0 Å². The Kier molecular flexibility index (Phi) is 7.80. The van der Waals surface area contributed by atoms with Crippen molar-refractivity contribution in [2.24, 2.45) is 17.6 Å². The van der Waals surface area contributed by atoms with E-state index < -0.39 is 0 Å². The second-order valence-corrected chi connectivity index (χ2v) is 5.46. The first-order chi connectivity index (χ1) is 7.50. The fraction of sp³-hybridized carbons (Fsp3) is 0.923. The van der Waals surface area contributed by atoms with Crippen molar-refractivity contribution in [3.8, 4) is 0 Å². The Morgan fingerprint density at radius 2 is 2.06 bits per heavy atom. The Labute approximate surface area is 111 Å². The second kappa shape index (κ2) is 7.93. The van der Waals surface area contributed by atoms with Gasteiger partial charge in [-0.05, 0) is 31.6 Å². The lowest BCUT2D eigenvalue weighted by atomic mass is 9.78. The summed E-state index contributed by atoms with van der Waals surface area (Å²) < 4.78 is 0. The molecule has 0 spiro atoms. The monoisotopic (exact) mass is 262 g/mol. The molecule has 3 nitrogen and oxygen atoms in total. The third kappa shape index (κ3) is 5.73. The van der Waals surface area contributed by atoms with Gasteiger partial charge in [0.25, 0.3) is 0 Å². The fourth-order valence-electron chi connectivity index (χ4n) is 2.42. The number of nitrogens with one attached hydrogen (secondary N) is 1. The summed E-state index contributed by atoms with van der Waals surface area (Å²) in [4.78, 5) is 11.7. The predicted octanol–water partition coefficient (Wildman–Crippen LogP) is 2.48. The zero-order chi connectivity index (χ0) is 12.1. The Balaban J connectivity index is 0.00000256. The van der Waals surface area contributed by atoms with Crippen molar-refractivity contribution in [1.29, 1.82) is 0 Å². The van der Waals surface area contributed by atoms with Gasteiger partial charge in [-0.1, -0.05) is 26.7 Å². The molecule has 0 aromatic heterocycles. The van der Waals surface area contributed by atoms with E-state index in [9.17, 15) is 4.79 Å². The van der Waals surface area contributed by atoms with Crippen LogP contribution in [0.25, 0.3) is 0 Å². The molecule has 0 saturated heterocycles. The van der Waals surface area contributed by atoms with Gasteiger partial charge in [-0.25, -0.2) is 0 Å². The van der Waals surface area contributed by atoms with Gasteiger partial charge in [0.15, 0.2) is 0 Å². The van der Waals surface area contributed by atoms with E-state index in [1.54, 1.807) is 0 Å². The molecule has 17 heavy (non-hydrogen) atoms. The lowest BCUT2D eigenvalue weighted by Crippen LogP contribution is -2.43. The van der Waals surface area contributed by atoms with Gasteiger partial charge in [0, 0.05) is 18.5 Å². The molecule has 4 atom stereocenters. The maximum atomic E-state index is 11.7. The van der Waals surface area contributed by atoms with Crippen LogP contribution in [0.3, 0.4) is 0 Å². The summed E-state index contributed by atoms with van der Waals surface area (Å²) in [5.41, 5.74) is 5.64. The molecule has 0 aromatic carbocycles. The number of carbonyl (C=O) groups is 1. The van der Waals surface area contributed by atoms with E-state index in [4.69, 9.17) is 5.73 Å². The van der Waals surface area contributed by atoms with Gasteiger partial charge in [0.1, 0.15) is 0 Å². The summed E-state index contributed by atoms with van der Waals surface area (Å²) in [6, 6.07) is 0.498. The van der Waals surface area contributed by atoms with Crippen LogP contribution in [-0.2, 0) is 4.79 Å². The van der Waals surface area contributed by atoms with Crippen molar-refractivity contribution < 1.29 is 4.79 Å². The van der Waals surface area contributed by atoms with Crippen molar-refractivity contribution in [1.82, 2.24) is 5.32 Å². The van der Waals surface area contributed by atoms with E-state index in [1.807, 2.05) is 6.92 Å². The lowest BCUT2D eigenvalue weighted by Gasteiger charge is -2.34. The minimum absolute atomic E-state index is 0. The molecule has 4 unspecified atom stereocenters. The topological polar surface area (TPSA) is 55.1 Å². The van der Waals surface area contributed by atoms with Crippen molar-refractivity contribution in [3.63, 3.8) is 0 Å². The molecule has 3 N–H and O–H groups in total. The number of hydrogen-bond acceptors (Lipinski definition) is 2. The highest BCUT2D eigenvalue weighted by Crippen LogP contribution is 2.29.